The summed E-state index contributed by atoms with van der Waals surface area (Å²) in [5.41, 5.74) is 1.99. The average molecular weight is 261 g/mol. The van der Waals surface area contributed by atoms with E-state index >= 15 is 0 Å². The number of amides is 1. The van der Waals surface area contributed by atoms with E-state index < -0.39 is 12.1 Å². The van der Waals surface area contributed by atoms with Gasteiger partial charge in [0, 0.05) is 0 Å². The van der Waals surface area contributed by atoms with Crippen LogP contribution in [0.15, 0.2) is 41.6 Å². The van der Waals surface area contributed by atoms with Crippen molar-refractivity contribution in [3.8, 4) is 0 Å². The van der Waals surface area contributed by atoms with E-state index in [1.165, 1.54) is 7.11 Å². The Bertz CT molecular complexity index is 501. The number of allylic oxidation sites excluding steroid dienone is 1. The van der Waals surface area contributed by atoms with Crippen molar-refractivity contribution in [3.63, 3.8) is 0 Å². The maximum Gasteiger partial charge on any atom is 0.412 e. The summed E-state index contributed by atoms with van der Waals surface area (Å²) in [6.07, 6.45) is 0.968. The first-order valence-corrected chi connectivity index (χ1v) is 5.98. The molecule has 0 unspecified atom stereocenters. The number of carbonyl (C=O) groups excluding carboxylic acids is 2. The lowest BCUT2D eigenvalue weighted by Crippen LogP contribution is -2.28. The fraction of sp³-hybridized carbons (Fsp3) is 0.286. The molecule has 1 aromatic rings. The third-order valence-corrected chi connectivity index (χ3v) is 2.68. The minimum absolute atomic E-state index is 0.163. The fourth-order valence-electron chi connectivity index (χ4n) is 1.56. The van der Waals surface area contributed by atoms with E-state index in [4.69, 9.17) is 4.74 Å². The second-order valence-electron chi connectivity index (χ2n) is 4.16. The first kappa shape index (κ1) is 13.1. The van der Waals surface area contributed by atoms with E-state index in [2.05, 4.69) is 10.1 Å². The molecule has 100 valence electrons. The number of esters is 1. The largest absolute Gasteiger partial charge is 0.464 e. The zero-order chi connectivity index (χ0) is 13.7. The van der Waals surface area contributed by atoms with Gasteiger partial charge in [-0.1, -0.05) is 30.3 Å². The van der Waals surface area contributed by atoms with Crippen LogP contribution < -0.4 is 5.32 Å². The normalized spacial score (nSPS) is 12.6. The molecule has 0 aromatic heterocycles. The van der Waals surface area contributed by atoms with E-state index in [1.54, 1.807) is 0 Å². The quantitative estimate of drug-likeness (QED) is 0.666. The number of hydrogen-bond donors (Lipinski definition) is 1. The molecule has 1 aliphatic carbocycles. The minimum atomic E-state index is -0.649. The Hall–Kier alpha value is -2.30. The van der Waals surface area contributed by atoms with E-state index in [9.17, 15) is 9.59 Å². The lowest BCUT2D eigenvalue weighted by atomic mass is 10.2. The maximum atomic E-state index is 11.6. The lowest BCUT2D eigenvalue weighted by Gasteiger charge is -2.08. The second kappa shape index (κ2) is 6.04. The van der Waals surface area contributed by atoms with Crippen molar-refractivity contribution in [1.82, 2.24) is 5.32 Å². The molecule has 0 radical (unpaired) electrons. The smallest absolute Gasteiger partial charge is 0.412 e. The van der Waals surface area contributed by atoms with E-state index in [0.29, 0.717) is 0 Å². The number of methoxy groups -OCH3 is 1. The molecule has 0 saturated heterocycles. The van der Waals surface area contributed by atoms with E-state index in [0.717, 1.165) is 24.0 Å². The summed E-state index contributed by atoms with van der Waals surface area (Å²) in [4.78, 5) is 23.1. The molecular weight excluding hydrogens is 246 g/mol. The van der Waals surface area contributed by atoms with Crippen LogP contribution in [0.5, 0.6) is 0 Å². The highest BCUT2D eigenvalue weighted by molar-refractivity contribution is 5.93. The molecule has 0 atom stereocenters. The fourth-order valence-corrected chi connectivity index (χ4v) is 1.56. The first-order valence-electron chi connectivity index (χ1n) is 5.98. The molecule has 1 aliphatic rings. The van der Waals surface area contributed by atoms with Crippen LogP contribution in [0.2, 0.25) is 0 Å². The molecule has 1 amide bonds. The predicted octanol–water partition coefficient (Wildman–Crippen LogP) is 2.13. The average Bonchev–Trinajstić information content (AvgIpc) is 3.27. The van der Waals surface area contributed by atoms with Crippen LogP contribution >= 0.6 is 0 Å². The molecular formula is C14H15NO4. The van der Waals surface area contributed by atoms with Crippen molar-refractivity contribution in [2.24, 2.45) is 0 Å². The number of ether oxygens (including phenoxy) is 2. The van der Waals surface area contributed by atoms with Crippen molar-refractivity contribution < 1.29 is 19.1 Å². The van der Waals surface area contributed by atoms with Crippen molar-refractivity contribution in [2.45, 2.75) is 19.4 Å². The van der Waals surface area contributed by atoms with Gasteiger partial charge in [-0.25, -0.2) is 9.59 Å². The monoisotopic (exact) mass is 261 g/mol. The topological polar surface area (TPSA) is 64.6 Å². The first-order chi connectivity index (χ1) is 9.20. The van der Waals surface area contributed by atoms with Gasteiger partial charge in [-0.05, 0) is 24.0 Å². The minimum Gasteiger partial charge on any atom is -0.464 e. The molecule has 0 aliphatic heterocycles. The number of rotatable bonds is 4. The molecule has 1 N–H and O–H groups in total. The van der Waals surface area contributed by atoms with Gasteiger partial charge >= 0.3 is 12.1 Å². The maximum absolute atomic E-state index is 11.6. The zero-order valence-electron chi connectivity index (χ0n) is 10.6. The van der Waals surface area contributed by atoms with Crippen molar-refractivity contribution in [2.75, 3.05) is 7.11 Å². The molecule has 2 rings (SSSR count). The molecule has 0 spiro atoms. The highest BCUT2D eigenvalue weighted by Gasteiger charge is 2.25. The summed E-state index contributed by atoms with van der Waals surface area (Å²) < 4.78 is 9.65. The Labute approximate surface area is 111 Å². The molecule has 0 bridgehead atoms. The van der Waals surface area contributed by atoms with Gasteiger partial charge in [0.05, 0.1) is 7.11 Å². The lowest BCUT2D eigenvalue weighted by molar-refractivity contribution is -0.136. The van der Waals surface area contributed by atoms with Crippen molar-refractivity contribution >= 4 is 12.1 Å². The van der Waals surface area contributed by atoms with Gasteiger partial charge in [-0.2, -0.15) is 0 Å². The number of alkyl carbamates (subject to hydrolysis) is 1. The molecule has 0 heterocycles. The number of nitrogens with one attached hydrogen (secondary N) is 1. The van der Waals surface area contributed by atoms with Gasteiger partial charge in [0.15, 0.2) is 0 Å². The number of benzene rings is 1. The summed E-state index contributed by atoms with van der Waals surface area (Å²) in [6.45, 7) is 0.163. The molecule has 1 aromatic carbocycles. The van der Waals surface area contributed by atoms with Crippen LogP contribution in [0.4, 0.5) is 4.79 Å². The molecule has 19 heavy (non-hydrogen) atoms. The number of carbonyl (C=O) groups is 2. The third-order valence-electron chi connectivity index (χ3n) is 2.68. The van der Waals surface area contributed by atoms with Gasteiger partial charge in [0.25, 0.3) is 0 Å². The van der Waals surface area contributed by atoms with Gasteiger partial charge in [0.1, 0.15) is 12.3 Å². The van der Waals surface area contributed by atoms with Crippen LogP contribution in [0.25, 0.3) is 0 Å². The van der Waals surface area contributed by atoms with Gasteiger partial charge < -0.3 is 9.47 Å². The summed E-state index contributed by atoms with van der Waals surface area (Å²) in [5.74, 6) is -0.538. The Balaban J connectivity index is 1.87. The van der Waals surface area contributed by atoms with Crippen LogP contribution in [-0.4, -0.2) is 19.2 Å². The highest BCUT2D eigenvalue weighted by atomic mass is 16.6. The Morgan fingerprint density at radius 2 is 1.89 bits per heavy atom. The third kappa shape index (κ3) is 3.84. The summed E-state index contributed by atoms with van der Waals surface area (Å²) in [5, 5.41) is 2.44. The van der Waals surface area contributed by atoms with E-state index in [1.807, 2.05) is 30.3 Å². The zero-order valence-corrected chi connectivity index (χ0v) is 10.6. The summed E-state index contributed by atoms with van der Waals surface area (Å²) in [6, 6.07) is 9.32. The Morgan fingerprint density at radius 1 is 1.21 bits per heavy atom. The molecule has 5 heteroatoms. The summed E-state index contributed by atoms with van der Waals surface area (Å²) in [7, 11) is 1.28. The SMILES string of the molecule is COC(=O)C(NC(=O)OCc1ccccc1)=C1CC1. The Kier molecular flexibility index (Phi) is 4.18. The highest BCUT2D eigenvalue weighted by Crippen LogP contribution is 2.30. The molecule has 1 saturated carbocycles. The van der Waals surface area contributed by atoms with Gasteiger partial charge in [-0.3, -0.25) is 5.32 Å². The predicted molar refractivity (Wildman–Crippen MR) is 68.0 cm³/mol. The molecule has 5 nitrogen and oxygen atoms in total. The number of hydrogen-bond acceptors (Lipinski definition) is 4. The standard InChI is InChI=1S/C14H15NO4/c1-18-13(16)12(11-7-8-11)15-14(17)19-9-10-5-3-2-4-6-10/h2-6H,7-9H2,1H3,(H,15,17). The van der Waals surface area contributed by atoms with Crippen LogP contribution in [0, 0.1) is 0 Å². The summed E-state index contributed by atoms with van der Waals surface area (Å²) >= 11 is 0. The molecule has 1 fully saturated rings. The Morgan fingerprint density at radius 3 is 2.47 bits per heavy atom. The van der Waals surface area contributed by atoms with Crippen LogP contribution in [-0.2, 0) is 20.9 Å². The van der Waals surface area contributed by atoms with Crippen LogP contribution in [0.3, 0.4) is 0 Å². The van der Waals surface area contributed by atoms with Crippen LogP contribution in [0.1, 0.15) is 18.4 Å². The van der Waals surface area contributed by atoms with Gasteiger partial charge in [-0.15, -0.1) is 0 Å². The van der Waals surface area contributed by atoms with E-state index in [-0.39, 0.29) is 12.3 Å². The second-order valence-corrected chi connectivity index (χ2v) is 4.16. The van der Waals surface area contributed by atoms with Gasteiger partial charge in [0.2, 0.25) is 0 Å². The van der Waals surface area contributed by atoms with Crippen molar-refractivity contribution in [1.29, 1.82) is 0 Å². The van der Waals surface area contributed by atoms with Crippen molar-refractivity contribution in [3.05, 3.63) is 47.2 Å².